The topological polar surface area (TPSA) is 30.0 Å². The van der Waals surface area contributed by atoms with Crippen LogP contribution in [0.1, 0.15) is 38.3 Å². The third kappa shape index (κ3) is 2.47. The Hall–Kier alpha value is -1.48. The van der Waals surface area contributed by atoms with Crippen LogP contribution < -0.4 is 0 Å². The van der Waals surface area contributed by atoms with Gasteiger partial charge in [-0.25, -0.2) is 0 Å². The summed E-state index contributed by atoms with van der Waals surface area (Å²) in [5, 5.41) is 0. The van der Waals surface area contributed by atoms with Gasteiger partial charge in [0.2, 0.25) is 0 Å². The van der Waals surface area contributed by atoms with Crippen LogP contribution in [-0.4, -0.2) is 10.8 Å². The van der Waals surface area contributed by atoms with Crippen molar-refractivity contribution in [3.05, 3.63) is 65.0 Å². The van der Waals surface area contributed by atoms with E-state index < -0.39 is 0 Å². The van der Waals surface area contributed by atoms with E-state index in [1.807, 2.05) is 18.2 Å². The van der Waals surface area contributed by atoms with Crippen LogP contribution in [-0.2, 0) is 12.8 Å². The van der Waals surface area contributed by atoms with Crippen LogP contribution in [0.3, 0.4) is 0 Å². The number of carbonyl (C=O) groups excluding carboxylic acids is 1. The molecule has 0 amide bonds. The van der Waals surface area contributed by atoms with Gasteiger partial charge in [-0.2, -0.15) is 0 Å². The minimum Gasteiger partial charge on any atom is -0.293 e. The lowest BCUT2D eigenvalue weighted by Crippen LogP contribution is -2.08. The SMILES string of the molecule is O=C(c1ccc2c(c1)CCC2)C(Br)c1cccnc1. The second-order valence-corrected chi connectivity index (χ2v) is 5.77. The molecule has 2 nitrogen and oxygen atoms in total. The van der Waals surface area contributed by atoms with E-state index in [2.05, 4.69) is 33.0 Å². The van der Waals surface area contributed by atoms with Gasteiger partial charge >= 0.3 is 0 Å². The zero-order valence-electron chi connectivity index (χ0n) is 10.5. The number of hydrogen-bond donors (Lipinski definition) is 0. The third-order valence-electron chi connectivity index (χ3n) is 3.59. The van der Waals surface area contributed by atoms with Gasteiger partial charge < -0.3 is 0 Å². The molecular formula is C16H14BrNO. The highest BCUT2D eigenvalue weighted by Crippen LogP contribution is 2.29. The van der Waals surface area contributed by atoms with Gasteiger partial charge in [0.05, 0.1) is 0 Å². The summed E-state index contributed by atoms with van der Waals surface area (Å²) in [5.41, 5.74) is 4.40. The van der Waals surface area contributed by atoms with E-state index in [4.69, 9.17) is 0 Å². The van der Waals surface area contributed by atoms with Crippen LogP contribution in [0.5, 0.6) is 0 Å². The second-order valence-electron chi connectivity index (χ2n) is 4.85. The molecule has 0 aliphatic heterocycles. The number of Topliss-reactive ketones (excluding diaryl/α,β-unsaturated/α-hetero) is 1. The maximum atomic E-state index is 12.5. The fourth-order valence-electron chi connectivity index (χ4n) is 2.55. The largest absolute Gasteiger partial charge is 0.293 e. The quantitative estimate of drug-likeness (QED) is 0.635. The van der Waals surface area contributed by atoms with Gasteiger partial charge in [0.1, 0.15) is 4.83 Å². The molecule has 1 aliphatic rings. The Bertz CT molecular complexity index is 609. The number of alkyl halides is 1. The molecule has 0 N–H and O–H groups in total. The number of aryl methyl sites for hydroxylation is 2. The molecule has 3 heteroatoms. The van der Waals surface area contributed by atoms with E-state index in [1.54, 1.807) is 12.4 Å². The van der Waals surface area contributed by atoms with Gasteiger partial charge in [-0.1, -0.05) is 34.1 Å². The molecule has 1 aromatic carbocycles. The van der Waals surface area contributed by atoms with E-state index in [0.717, 1.165) is 24.0 Å². The Morgan fingerprint density at radius 2 is 2.05 bits per heavy atom. The molecule has 0 radical (unpaired) electrons. The first-order chi connectivity index (χ1) is 9.25. The fraction of sp³-hybridized carbons (Fsp3) is 0.250. The Labute approximate surface area is 121 Å². The van der Waals surface area contributed by atoms with Crippen molar-refractivity contribution in [2.24, 2.45) is 0 Å². The van der Waals surface area contributed by atoms with Gasteiger partial charge in [-0.15, -0.1) is 0 Å². The molecule has 1 aromatic heterocycles. The maximum Gasteiger partial charge on any atom is 0.180 e. The second kappa shape index (κ2) is 5.25. The van der Waals surface area contributed by atoms with Gasteiger partial charge in [-0.05, 0) is 48.1 Å². The average Bonchev–Trinajstić information content (AvgIpc) is 2.94. The van der Waals surface area contributed by atoms with E-state index in [0.29, 0.717) is 0 Å². The number of halogens is 1. The first-order valence-electron chi connectivity index (χ1n) is 6.46. The minimum atomic E-state index is -0.319. The zero-order valence-corrected chi connectivity index (χ0v) is 12.1. The number of fused-ring (bicyclic) bond motifs is 1. The number of rotatable bonds is 3. The monoisotopic (exact) mass is 315 g/mol. The highest BCUT2D eigenvalue weighted by atomic mass is 79.9. The molecular weight excluding hydrogens is 302 g/mol. The van der Waals surface area contributed by atoms with Crippen molar-refractivity contribution in [1.29, 1.82) is 0 Å². The van der Waals surface area contributed by atoms with Crippen LogP contribution in [0.25, 0.3) is 0 Å². The third-order valence-corrected chi connectivity index (χ3v) is 4.53. The predicted molar refractivity (Wildman–Crippen MR) is 78.7 cm³/mol. The number of benzene rings is 1. The number of hydrogen-bond acceptors (Lipinski definition) is 2. The summed E-state index contributed by atoms with van der Waals surface area (Å²) >= 11 is 3.48. The molecule has 0 bridgehead atoms. The minimum absolute atomic E-state index is 0.0997. The molecule has 96 valence electrons. The van der Waals surface area contributed by atoms with Gasteiger partial charge in [0.15, 0.2) is 5.78 Å². The van der Waals surface area contributed by atoms with Gasteiger partial charge in [0.25, 0.3) is 0 Å². The molecule has 2 aromatic rings. The van der Waals surface area contributed by atoms with Crippen LogP contribution in [0.2, 0.25) is 0 Å². The molecule has 1 atom stereocenters. The Morgan fingerprint density at radius 1 is 1.21 bits per heavy atom. The summed E-state index contributed by atoms with van der Waals surface area (Å²) in [6.07, 6.45) is 6.88. The highest BCUT2D eigenvalue weighted by molar-refractivity contribution is 9.09. The fourth-order valence-corrected chi connectivity index (χ4v) is 3.08. The number of nitrogens with zero attached hydrogens (tertiary/aromatic N) is 1. The lowest BCUT2D eigenvalue weighted by atomic mass is 10.00. The van der Waals surface area contributed by atoms with Crippen LogP contribution in [0, 0.1) is 0 Å². The summed E-state index contributed by atoms with van der Waals surface area (Å²) in [6, 6.07) is 9.85. The van der Waals surface area contributed by atoms with Crippen molar-refractivity contribution in [1.82, 2.24) is 4.98 Å². The first-order valence-corrected chi connectivity index (χ1v) is 7.37. The highest BCUT2D eigenvalue weighted by Gasteiger charge is 2.21. The smallest absolute Gasteiger partial charge is 0.180 e. The van der Waals surface area contributed by atoms with E-state index >= 15 is 0 Å². The normalized spacial score (nSPS) is 15.0. The number of aromatic nitrogens is 1. The number of carbonyl (C=O) groups is 1. The van der Waals surface area contributed by atoms with E-state index in [1.165, 1.54) is 17.5 Å². The summed E-state index contributed by atoms with van der Waals surface area (Å²) < 4.78 is 0. The van der Waals surface area contributed by atoms with E-state index in [9.17, 15) is 4.79 Å². The van der Waals surface area contributed by atoms with Crippen LogP contribution in [0.15, 0.2) is 42.7 Å². The maximum absolute atomic E-state index is 12.5. The van der Waals surface area contributed by atoms with Crippen molar-refractivity contribution in [2.45, 2.75) is 24.1 Å². The van der Waals surface area contributed by atoms with E-state index in [-0.39, 0.29) is 10.6 Å². The van der Waals surface area contributed by atoms with Crippen LogP contribution >= 0.6 is 15.9 Å². The molecule has 1 aliphatic carbocycles. The molecule has 3 rings (SSSR count). The van der Waals surface area contributed by atoms with Gasteiger partial charge in [-0.3, -0.25) is 9.78 Å². The molecule has 0 spiro atoms. The average molecular weight is 316 g/mol. The molecule has 0 fully saturated rings. The Balaban J connectivity index is 1.88. The molecule has 1 heterocycles. The molecule has 19 heavy (non-hydrogen) atoms. The molecule has 1 unspecified atom stereocenters. The predicted octanol–water partition coefficient (Wildman–Crippen LogP) is 3.89. The molecule has 0 saturated heterocycles. The Morgan fingerprint density at radius 3 is 2.84 bits per heavy atom. The van der Waals surface area contributed by atoms with Crippen molar-refractivity contribution in [2.75, 3.05) is 0 Å². The van der Waals surface area contributed by atoms with Gasteiger partial charge in [0, 0.05) is 18.0 Å². The van der Waals surface area contributed by atoms with Crippen molar-refractivity contribution >= 4 is 21.7 Å². The molecule has 0 saturated carbocycles. The number of ketones is 1. The number of pyridine rings is 1. The van der Waals surface area contributed by atoms with Crippen molar-refractivity contribution in [3.8, 4) is 0 Å². The Kier molecular flexibility index (Phi) is 3.47. The lowest BCUT2D eigenvalue weighted by molar-refractivity contribution is 0.0991. The standard InChI is InChI=1S/C16H14BrNO/c17-15(14-5-2-8-18-10-14)16(19)13-7-6-11-3-1-4-12(11)9-13/h2,5-10,15H,1,3-4H2. The van der Waals surface area contributed by atoms with Crippen molar-refractivity contribution < 1.29 is 4.79 Å². The first kappa shape index (κ1) is 12.5. The zero-order chi connectivity index (χ0) is 13.2. The van der Waals surface area contributed by atoms with Crippen LogP contribution in [0.4, 0.5) is 0 Å². The summed E-state index contributed by atoms with van der Waals surface area (Å²) in [5.74, 6) is 0.0997. The summed E-state index contributed by atoms with van der Waals surface area (Å²) in [4.78, 5) is 16.2. The summed E-state index contributed by atoms with van der Waals surface area (Å²) in [6.45, 7) is 0. The van der Waals surface area contributed by atoms with Crippen molar-refractivity contribution in [3.63, 3.8) is 0 Å². The lowest BCUT2D eigenvalue weighted by Gasteiger charge is -2.10. The summed E-state index contributed by atoms with van der Waals surface area (Å²) in [7, 11) is 0.